The Morgan fingerprint density at radius 1 is 1.19 bits per heavy atom. The van der Waals surface area contributed by atoms with Crippen molar-refractivity contribution in [2.45, 2.75) is 31.8 Å². The molecule has 0 radical (unpaired) electrons. The van der Waals surface area contributed by atoms with E-state index >= 15 is 0 Å². The topological polar surface area (TPSA) is 80.4 Å². The van der Waals surface area contributed by atoms with Crippen LogP contribution in [0.25, 0.3) is 0 Å². The number of primary sulfonamides is 1. The molecule has 0 aliphatic carbocycles. The summed E-state index contributed by atoms with van der Waals surface area (Å²) >= 11 is 0. The number of sulfonamides is 1. The smallest absolute Gasteiger partial charge is 0.238 e. The van der Waals surface area contributed by atoms with Gasteiger partial charge in [-0.25, -0.2) is 13.6 Å². The highest BCUT2D eigenvalue weighted by Crippen LogP contribution is 2.32. The van der Waals surface area contributed by atoms with Crippen molar-refractivity contribution in [3.63, 3.8) is 0 Å². The highest BCUT2D eigenvalue weighted by molar-refractivity contribution is 7.89. The van der Waals surface area contributed by atoms with Crippen LogP contribution in [0.1, 0.15) is 32.4 Å². The molecular formula is C11H17NO3S. The van der Waals surface area contributed by atoms with Gasteiger partial charge in [0.25, 0.3) is 0 Å². The first-order chi connectivity index (χ1) is 7.12. The van der Waals surface area contributed by atoms with E-state index < -0.39 is 16.1 Å². The van der Waals surface area contributed by atoms with E-state index in [9.17, 15) is 13.5 Å². The van der Waals surface area contributed by atoms with Crippen molar-refractivity contribution >= 4 is 10.0 Å². The molecule has 3 N–H and O–H groups in total. The minimum absolute atomic E-state index is 0.0531. The standard InChI is InChI=1S/C11H17NO3S/c1-11(2,3)10(13)8-4-6-9(7-5-8)16(12,14)15/h4-7,10,13H,1-3H3,(H2,12,14,15). The third-order valence-electron chi connectivity index (χ3n) is 2.34. The van der Waals surface area contributed by atoms with Crippen LogP contribution in [0.2, 0.25) is 0 Å². The molecule has 0 bridgehead atoms. The predicted octanol–water partition coefficient (Wildman–Crippen LogP) is 1.41. The molecule has 1 atom stereocenters. The molecule has 0 spiro atoms. The minimum atomic E-state index is -3.66. The van der Waals surface area contributed by atoms with Crippen molar-refractivity contribution in [1.29, 1.82) is 0 Å². The van der Waals surface area contributed by atoms with Crippen molar-refractivity contribution in [2.75, 3.05) is 0 Å². The van der Waals surface area contributed by atoms with Crippen LogP contribution < -0.4 is 5.14 Å². The van der Waals surface area contributed by atoms with Crippen LogP contribution in [0.4, 0.5) is 0 Å². The molecular weight excluding hydrogens is 226 g/mol. The summed E-state index contributed by atoms with van der Waals surface area (Å²) < 4.78 is 22.1. The van der Waals surface area contributed by atoms with Crippen LogP contribution in [0, 0.1) is 5.41 Å². The highest BCUT2D eigenvalue weighted by atomic mass is 32.2. The Hall–Kier alpha value is -0.910. The maximum absolute atomic E-state index is 11.0. The average Bonchev–Trinajstić information content (AvgIpc) is 2.14. The minimum Gasteiger partial charge on any atom is -0.388 e. The van der Waals surface area contributed by atoms with E-state index in [4.69, 9.17) is 5.14 Å². The molecule has 5 heteroatoms. The number of hydrogen-bond donors (Lipinski definition) is 2. The van der Waals surface area contributed by atoms with Gasteiger partial charge in [-0.15, -0.1) is 0 Å². The van der Waals surface area contributed by atoms with Crippen molar-refractivity contribution in [3.8, 4) is 0 Å². The van der Waals surface area contributed by atoms with E-state index in [1.165, 1.54) is 12.1 Å². The molecule has 0 aliphatic heterocycles. The number of hydrogen-bond acceptors (Lipinski definition) is 3. The van der Waals surface area contributed by atoms with Crippen molar-refractivity contribution < 1.29 is 13.5 Å². The third-order valence-corrected chi connectivity index (χ3v) is 3.27. The Labute approximate surface area is 96.2 Å². The maximum Gasteiger partial charge on any atom is 0.238 e. The second kappa shape index (κ2) is 4.16. The van der Waals surface area contributed by atoms with Gasteiger partial charge in [-0.2, -0.15) is 0 Å². The largest absolute Gasteiger partial charge is 0.388 e. The number of benzene rings is 1. The summed E-state index contributed by atoms with van der Waals surface area (Å²) in [5.74, 6) is 0. The quantitative estimate of drug-likeness (QED) is 0.824. The second-order valence-corrected chi connectivity index (χ2v) is 6.44. The van der Waals surface area contributed by atoms with Gasteiger partial charge >= 0.3 is 0 Å². The molecule has 1 rings (SSSR count). The molecule has 0 saturated carbocycles. The molecule has 4 nitrogen and oxygen atoms in total. The zero-order valence-corrected chi connectivity index (χ0v) is 10.5. The molecule has 16 heavy (non-hydrogen) atoms. The molecule has 0 fully saturated rings. The highest BCUT2D eigenvalue weighted by Gasteiger charge is 2.23. The van der Waals surface area contributed by atoms with Gasteiger partial charge in [0.2, 0.25) is 10.0 Å². The second-order valence-electron chi connectivity index (χ2n) is 4.88. The van der Waals surface area contributed by atoms with Crippen LogP contribution in [0.15, 0.2) is 29.2 Å². The average molecular weight is 243 g/mol. The summed E-state index contributed by atoms with van der Waals surface area (Å²) in [5.41, 5.74) is 0.392. The van der Waals surface area contributed by atoms with E-state index in [0.29, 0.717) is 5.56 Å². The molecule has 0 aromatic heterocycles. The molecule has 1 aromatic rings. The van der Waals surface area contributed by atoms with E-state index in [2.05, 4.69) is 0 Å². The predicted molar refractivity (Wildman–Crippen MR) is 62.2 cm³/mol. The summed E-state index contributed by atoms with van der Waals surface area (Å²) in [4.78, 5) is 0.0531. The van der Waals surface area contributed by atoms with Gasteiger partial charge in [-0.1, -0.05) is 32.9 Å². The third kappa shape index (κ3) is 3.04. The summed E-state index contributed by atoms with van der Waals surface area (Å²) in [7, 11) is -3.66. The number of aliphatic hydroxyl groups excluding tert-OH is 1. The van der Waals surface area contributed by atoms with E-state index in [0.717, 1.165) is 0 Å². The van der Waals surface area contributed by atoms with Gasteiger partial charge in [-0.3, -0.25) is 0 Å². The Morgan fingerprint density at radius 3 is 1.94 bits per heavy atom. The van der Waals surface area contributed by atoms with Crippen LogP contribution in [0.5, 0.6) is 0 Å². The number of nitrogens with two attached hydrogens (primary N) is 1. The first-order valence-electron chi connectivity index (χ1n) is 4.93. The zero-order chi connectivity index (χ0) is 12.6. The Balaban J connectivity index is 3.05. The van der Waals surface area contributed by atoms with E-state index in [1.54, 1.807) is 12.1 Å². The van der Waals surface area contributed by atoms with E-state index in [1.807, 2.05) is 20.8 Å². The Bertz CT molecular complexity index is 457. The maximum atomic E-state index is 11.0. The van der Waals surface area contributed by atoms with Gasteiger partial charge in [-0.05, 0) is 23.1 Å². The fourth-order valence-electron chi connectivity index (χ4n) is 1.34. The fourth-order valence-corrected chi connectivity index (χ4v) is 1.86. The van der Waals surface area contributed by atoms with Crippen LogP contribution in [-0.4, -0.2) is 13.5 Å². The van der Waals surface area contributed by atoms with Crippen molar-refractivity contribution in [2.24, 2.45) is 10.6 Å². The molecule has 1 unspecified atom stereocenters. The van der Waals surface area contributed by atoms with Crippen molar-refractivity contribution in [1.82, 2.24) is 0 Å². The lowest BCUT2D eigenvalue weighted by molar-refractivity contribution is 0.0626. The molecule has 0 saturated heterocycles. The van der Waals surface area contributed by atoms with Crippen LogP contribution >= 0.6 is 0 Å². The SMILES string of the molecule is CC(C)(C)C(O)c1ccc(S(N)(=O)=O)cc1. The zero-order valence-electron chi connectivity index (χ0n) is 9.64. The lowest BCUT2D eigenvalue weighted by atomic mass is 9.85. The molecule has 0 amide bonds. The summed E-state index contributed by atoms with van der Waals surface area (Å²) in [6, 6.07) is 5.96. The summed E-state index contributed by atoms with van der Waals surface area (Å²) in [5, 5.41) is 14.9. The van der Waals surface area contributed by atoms with Gasteiger partial charge < -0.3 is 5.11 Å². The molecule has 1 aromatic carbocycles. The first-order valence-corrected chi connectivity index (χ1v) is 6.48. The first kappa shape index (κ1) is 13.2. The van der Waals surface area contributed by atoms with E-state index in [-0.39, 0.29) is 10.3 Å². The number of rotatable bonds is 2. The Morgan fingerprint density at radius 2 is 1.62 bits per heavy atom. The van der Waals surface area contributed by atoms with Crippen LogP contribution in [-0.2, 0) is 10.0 Å². The van der Waals surface area contributed by atoms with Gasteiger partial charge in [0.05, 0.1) is 11.0 Å². The molecule has 90 valence electrons. The number of aliphatic hydroxyl groups is 1. The molecule has 0 heterocycles. The Kier molecular flexibility index (Phi) is 3.42. The van der Waals surface area contributed by atoms with Crippen LogP contribution in [0.3, 0.4) is 0 Å². The van der Waals surface area contributed by atoms with Gasteiger partial charge in [0.15, 0.2) is 0 Å². The lowest BCUT2D eigenvalue weighted by Gasteiger charge is -2.26. The normalized spacial score (nSPS) is 14.8. The van der Waals surface area contributed by atoms with Gasteiger partial charge in [0.1, 0.15) is 0 Å². The summed E-state index contributed by atoms with van der Waals surface area (Å²) in [6.07, 6.45) is -0.637. The fraction of sp³-hybridized carbons (Fsp3) is 0.455. The summed E-state index contributed by atoms with van der Waals surface area (Å²) in [6.45, 7) is 5.72. The lowest BCUT2D eigenvalue weighted by Crippen LogP contribution is -2.18. The van der Waals surface area contributed by atoms with Crippen molar-refractivity contribution in [3.05, 3.63) is 29.8 Å². The molecule has 0 aliphatic rings. The monoisotopic (exact) mass is 243 g/mol. The van der Waals surface area contributed by atoms with Gasteiger partial charge in [0, 0.05) is 0 Å².